The van der Waals surface area contributed by atoms with Crippen LogP contribution in [0.15, 0.2) is 54.6 Å². The van der Waals surface area contributed by atoms with Crippen molar-refractivity contribution in [2.45, 2.75) is 0 Å². The molecule has 4 N–H and O–H groups in total. The first-order valence-corrected chi connectivity index (χ1v) is 10.6. The average molecular weight is 477 g/mol. The molecule has 0 aromatic heterocycles. The molecule has 3 aromatic carbocycles. The summed E-state index contributed by atoms with van der Waals surface area (Å²) in [5.41, 5.74) is 8.67. The van der Waals surface area contributed by atoms with Gasteiger partial charge in [-0.25, -0.2) is 0 Å². The number of phenolic OH excluding ortho intramolecular Hbond substituents is 1. The van der Waals surface area contributed by atoms with E-state index in [4.69, 9.17) is 24.7 Å². The number of hydrogen-bond donors (Lipinski definition) is 3. The molecule has 0 fully saturated rings. The first-order chi connectivity index (χ1) is 16.9. The van der Waals surface area contributed by atoms with Crippen LogP contribution in [0.2, 0.25) is 0 Å². The minimum Gasteiger partial charge on any atom is -0.503 e. The summed E-state index contributed by atoms with van der Waals surface area (Å²) in [6.07, 6.45) is 6.54. The highest BCUT2D eigenvalue weighted by molar-refractivity contribution is 6.04. The van der Waals surface area contributed by atoms with Gasteiger partial charge < -0.3 is 35.1 Å². The van der Waals surface area contributed by atoms with Crippen molar-refractivity contribution in [3.8, 4) is 28.7 Å². The van der Waals surface area contributed by atoms with Gasteiger partial charge in [-0.3, -0.25) is 4.79 Å². The smallest absolute Gasteiger partial charge is 0.248 e. The maximum Gasteiger partial charge on any atom is 0.248 e. The number of nitrogens with two attached hydrogens (primary N) is 1. The van der Waals surface area contributed by atoms with E-state index in [0.29, 0.717) is 28.5 Å². The van der Waals surface area contributed by atoms with Crippen LogP contribution >= 0.6 is 0 Å². The van der Waals surface area contributed by atoms with E-state index >= 15 is 0 Å². The van der Waals surface area contributed by atoms with Gasteiger partial charge in [-0.2, -0.15) is 0 Å². The van der Waals surface area contributed by atoms with Crippen LogP contribution in [0.5, 0.6) is 28.7 Å². The average Bonchev–Trinajstić information content (AvgIpc) is 2.87. The zero-order valence-corrected chi connectivity index (χ0v) is 20.0. The van der Waals surface area contributed by atoms with Gasteiger partial charge in [0.1, 0.15) is 0 Å². The lowest BCUT2D eigenvalue weighted by atomic mass is 10.1. The number of ether oxygens (including phenoxy) is 4. The van der Waals surface area contributed by atoms with Crippen molar-refractivity contribution >= 4 is 35.5 Å². The summed E-state index contributed by atoms with van der Waals surface area (Å²) < 4.78 is 21.4. The first-order valence-electron chi connectivity index (χ1n) is 10.6. The summed E-state index contributed by atoms with van der Waals surface area (Å²) in [7, 11) is 6.05. The van der Waals surface area contributed by atoms with Gasteiger partial charge >= 0.3 is 0 Å². The Labute approximate surface area is 204 Å². The Morgan fingerprint density at radius 3 is 2.11 bits per heavy atom. The number of anilines is 2. The molecule has 0 aliphatic carbocycles. The summed E-state index contributed by atoms with van der Waals surface area (Å²) in [6, 6.07) is 14.0. The SMILES string of the molecule is COc1ccc(/C=C/c2cc(OC)c(OC)c(OC)c2)c(NC(=O)/C=C/c2cccc(N)c2)c1O. The second-order valence-corrected chi connectivity index (χ2v) is 7.37. The van der Waals surface area contributed by atoms with Crippen LogP contribution in [0, 0.1) is 0 Å². The molecule has 35 heavy (non-hydrogen) atoms. The van der Waals surface area contributed by atoms with E-state index in [1.807, 2.05) is 6.07 Å². The molecule has 0 bridgehead atoms. The maximum atomic E-state index is 12.6. The Balaban J connectivity index is 1.93. The molecule has 182 valence electrons. The van der Waals surface area contributed by atoms with Crippen LogP contribution in [0.3, 0.4) is 0 Å². The number of hydrogen-bond acceptors (Lipinski definition) is 7. The van der Waals surface area contributed by atoms with Crippen LogP contribution in [0.4, 0.5) is 11.4 Å². The molecule has 0 atom stereocenters. The molecule has 0 unspecified atom stereocenters. The third-order valence-electron chi connectivity index (χ3n) is 5.12. The Kier molecular flexibility index (Phi) is 8.24. The molecule has 3 rings (SSSR count). The zero-order valence-electron chi connectivity index (χ0n) is 20.0. The summed E-state index contributed by atoms with van der Waals surface area (Å²) in [5.74, 6) is 1.09. The predicted octanol–water partition coefficient (Wildman–Crippen LogP) is 4.83. The number of phenols is 1. The highest BCUT2D eigenvalue weighted by Crippen LogP contribution is 2.40. The van der Waals surface area contributed by atoms with E-state index in [0.717, 1.165) is 11.1 Å². The molecule has 0 aliphatic rings. The number of nitrogens with one attached hydrogen (secondary N) is 1. The Hall–Kier alpha value is -4.59. The third-order valence-corrected chi connectivity index (χ3v) is 5.12. The highest BCUT2D eigenvalue weighted by Gasteiger charge is 2.15. The van der Waals surface area contributed by atoms with E-state index < -0.39 is 5.91 Å². The molecular weight excluding hydrogens is 448 g/mol. The predicted molar refractivity (Wildman–Crippen MR) is 138 cm³/mol. The Morgan fingerprint density at radius 1 is 0.829 bits per heavy atom. The minimum absolute atomic E-state index is 0.190. The fraction of sp³-hybridized carbons (Fsp3) is 0.148. The molecule has 0 radical (unpaired) electrons. The quantitative estimate of drug-likeness (QED) is 0.175. The molecule has 3 aromatic rings. The number of carbonyl (C=O) groups excluding carboxylic acids is 1. The lowest BCUT2D eigenvalue weighted by Gasteiger charge is -2.14. The summed E-state index contributed by atoms with van der Waals surface area (Å²) in [5, 5.41) is 13.4. The summed E-state index contributed by atoms with van der Waals surface area (Å²) >= 11 is 0. The lowest BCUT2D eigenvalue weighted by Crippen LogP contribution is -2.09. The van der Waals surface area contributed by atoms with E-state index in [9.17, 15) is 9.90 Å². The van der Waals surface area contributed by atoms with E-state index in [1.54, 1.807) is 60.7 Å². The van der Waals surface area contributed by atoms with Crippen molar-refractivity contribution in [1.29, 1.82) is 0 Å². The van der Waals surface area contributed by atoms with E-state index in [2.05, 4.69) is 5.32 Å². The Bertz CT molecular complexity index is 1240. The van der Waals surface area contributed by atoms with E-state index in [1.165, 1.54) is 34.5 Å². The largest absolute Gasteiger partial charge is 0.503 e. The summed E-state index contributed by atoms with van der Waals surface area (Å²) in [4.78, 5) is 12.6. The molecule has 8 heteroatoms. The Morgan fingerprint density at radius 2 is 1.51 bits per heavy atom. The van der Waals surface area contributed by atoms with Gasteiger partial charge in [0, 0.05) is 17.3 Å². The molecule has 1 amide bonds. The van der Waals surface area contributed by atoms with Crippen molar-refractivity contribution in [3.63, 3.8) is 0 Å². The van der Waals surface area contributed by atoms with Gasteiger partial charge in [-0.1, -0.05) is 24.3 Å². The topological polar surface area (TPSA) is 112 Å². The first kappa shape index (κ1) is 25.0. The monoisotopic (exact) mass is 476 g/mol. The van der Waals surface area contributed by atoms with Crippen LogP contribution < -0.4 is 30.0 Å². The van der Waals surface area contributed by atoms with Crippen molar-refractivity contribution in [2.24, 2.45) is 0 Å². The van der Waals surface area contributed by atoms with Crippen LogP contribution in [0.25, 0.3) is 18.2 Å². The minimum atomic E-state index is -0.432. The van der Waals surface area contributed by atoms with Crippen LogP contribution in [0.1, 0.15) is 16.7 Å². The third kappa shape index (κ3) is 6.05. The highest BCUT2D eigenvalue weighted by atomic mass is 16.5. The van der Waals surface area contributed by atoms with E-state index in [-0.39, 0.29) is 17.2 Å². The van der Waals surface area contributed by atoms with Gasteiger partial charge in [0.05, 0.1) is 34.1 Å². The van der Waals surface area contributed by atoms with Crippen molar-refractivity contribution < 1.29 is 28.8 Å². The molecule has 0 heterocycles. The standard InChI is InChI=1S/C27H28N2O6/c1-32-21-12-11-19(10-8-18-15-22(33-2)27(35-4)23(16-18)34-3)25(26(21)31)29-24(30)13-9-17-6-5-7-20(28)14-17/h5-16,31H,28H2,1-4H3,(H,29,30)/b10-8+,13-9+. The number of carbonyl (C=O) groups is 1. The van der Waals surface area contributed by atoms with Crippen molar-refractivity contribution in [3.05, 3.63) is 71.3 Å². The second kappa shape index (κ2) is 11.5. The number of amides is 1. The molecule has 0 saturated heterocycles. The van der Waals surface area contributed by atoms with Crippen LogP contribution in [-0.4, -0.2) is 39.5 Å². The molecule has 0 aliphatic heterocycles. The number of rotatable bonds is 9. The number of methoxy groups -OCH3 is 4. The van der Waals surface area contributed by atoms with Gasteiger partial charge in [0.25, 0.3) is 0 Å². The van der Waals surface area contributed by atoms with Crippen molar-refractivity contribution in [1.82, 2.24) is 0 Å². The number of aromatic hydroxyl groups is 1. The van der Waals surface area contributed by atoms with Crippen molar-refractivity contribution in [2.75, 3.05) is 39.5 Å². The zero-order chi connectivity index (χ0) is 25.4. The lowest BCUT2D eigenvalue weighted by molar-refractivity contribution is -0.111. The van der Waals surface area contributed by atoms with Gasteiger partial charge in [0.2, 0.25) is 11.7 Å². The van der Waals surface area contributed by atoms with Crippen LogP contribution in [-0.2, 0) is 4.79 Å². The number of nitrogen functional groups attached to an aromatic ring is 1. The molecule has 0 spiro atoms. The number of benzene rings is 3. The normalized spacial score (nSPS) is 11.0. The van der Waals surface area contributed by atoms with Gasteiger partial charge in [-0.15, -0.1) is 0 Å². The fourth-order valence-electron chi connectivity index (χ4n) is 3.41. The molecular formula is C27H28N2O6. The van der Waals surface area contributed by atoms with Gasteiger partial charge in [-0.05, 0) is 53.6 Å². The maximum absolute atomic E-state index is 12.6. The second-order valence-electron chi connectivity index (χ2n) is 7.37. The molecule has 0 saturated carbocycles. The summed E-state index contributed by atoms with van der Waals surface area (Å²) in [6.45, 7) is 0. The fourth-order valence-corrected chi connectivity index (χ4v) is 3.41. The van der Waals surface area contributed by atoms with Gasteiger partial charge in [0.15, 0.2) is 23.0 Å². The molecule has 8 nitrogen and oxygen atoms in total.